The van der Waals surface area contributed by atoms with Gasteiger partial charge in [-0.15, -0.1) is 0 Å². The van der Waals surface area contributed by atoms with Crippen molar-refractivity contribution in [2.75, 3.05) is 5.73 Å². The Bertz CT molecular complexity index is 379. The molecule has 1 aromatic rings. The number of carbonyl (C=O) groups excluding carboxylic acids is 1. The molecule has 0 bridgehead atoms. The van der Waals surface area contributed by atoms with Crippen LogP contribution in [0.15, 0.2) is 6.20 Å². The quantitative estimate of drug-likeness (QED) is 0.776. The van der Waals surface area contributed by atoms with Gasteiger partial charge in [-0.3, -0.25) is 9.48 Å². The average molecular weight is 208 g/mol. The number of rotatable bonds is 3. The summed E-state index contributed by atoms with van der Waals surface area (Å²) in [5.41, 5.74) is 6.17. The third-order valence-corrected chi connectivity index (χ3v) is 2.45. The summed E-state index contributed by atoms with van der Waals surface area (Å²) in [6, 6.07) is 0.564. The number of hydrogen-bond donors (Lipinski definition) is 2. The Morgan fingerprint density at radius 1 is 1.67 bits per heavy atom. The minimum absolute atomic E-state index is 0.109. The van der Waals surface area contributed by atoms with Crippen LogP contribution in [0.5, 0.6) is 0 Å². The maximum Gasteiger partial charge on any atom is 0.256 e. The van der Waals surface area contributed by atoms with E-state index < -0.39 is 0 Å². The lowest BCUT2D eigenvalue weighted by molar-refractivity contribution is 0.0952. The first-order chi connectivity index (χ1) is 7.08. The predicted octanol–water partition coefficient (Wildman–Crippen LogP) is 0.938. The highest BCUT2D eigenvalue weighted by atomic mass is 16.1. The number of nitrogens with zero attached hydrogens (tertiary/aromatic N) is 2. The van der Waals surface area contributed by atoms with E-state index in [0.717, 1.165) is 12.8 Å². The molecule has 1 aromatic heterocycles. The van der Waals surface area contributed by atoms with Gasteiger partial charge in [0.25, 0.3) is 5.91 Å². The summed E-state index contributed by atoms with van der Waals surface area (Å²) >= 11 is 0. The van der Waals surface area contributed by atoms with Crippen molar-refractivity contribution in [1.29, 1.82) is 0 Å². The first kappa shape index (κ1) is 10.0. The Morgan fingerprint density at radius 2 is 2.33 bits per heavy atom. The largest absolute Gasteiger partial charge is 0.382 e. The molecule has 1 saturated carbocycles. The minimum Gasteiger partial charge on any atom is -0.382 e. The fourth-order valence-electron chi connectivity index (χ4n) is 1.34. The van der Waals surface area contributed by atoms with Crippen LogP contribution in [0, 0.1) is 0 Å². The van der Waals surface area contributed by atoms with Gasteiger partial charge in [0.1, 0.15) is 5.56 Å². The zero-order chi connectivity index (χ0) is 11.0. The van der Waals surface area contributed by atoms with Crippen molar-refractivity contribution < 1.29 is 4.79 Å². The summed E-state index contributed by atoms with van der Waals surface area (Å²) in [5.74, 6) is 0.198. The highest BCUT2D eigenvalue weighted by Gasteiger charge is 2.25. The number of carbonyl (C=O) groups is 1. The molecule has 1 amide bonds. The lowest BCUT2D eigenvalue weighted by Crippen LogP contribution is -2.25. The molecular weight excluding hydrogens is 192 g/mol. The smallest absolute Gasteiger partial charge is 0.256 e. The first-order valence-electron chi connectivity index (χ1n) is 5.23. The van der Waals surface area contributed by atoms with Gasteiger partial charge in [0.2, 0.25) is 0 Å². The summed E-state index contributed by atoms with van der Waals surface area (Å²) in [5, 5.41) is 6.98. The molecule has 0 spiro atoms. The molecule has 3 N–H and O–H groups in total. The molecule has 0 unspecified atom stereocenters. The van der Waals surface area contributed by atoms with Crippen LogP contribution in [-0.2, 0) is 0 Å². The van der Waals surface area contributed by atoms with Crippen LogP contribution < -0.4 is 11.1 Å². The lowest BCUT2D eigenvalue weighted by atomic mass is 10.3. The van der Waals surface area contributed by atoms with Crippen molar-refractivity contribution in [3.05, 3.63) is 11.8 Å². The summed E-state index contributed by atoms with van der Waals surface area (Å²) in [4.78, 5) is 11.7. The van der Waals surface area contributed by atoms with Crippen LogP contribution in [-0.4, -0.2) is 21.7 Å². The third-order valence-electron chi connectivity index (χ3n) is 2.45. The molecule has 0 saturated heterocycles. The molecule has 0 atom stereocenters. The maximum atomic E-state index is 11.7. The van der Waals surface area contributed by atoms with Crippen LogP contribution in [0.4, 0.5) is 5.82 Å². The molecule has 5 heteroatoms. The highest BCUT2D eigenvalue weighted by molar-refractivity contribution is 5.98. The summed E-state index contributed by atoms with van der Waals surface area (Å²) < 4.78 is 1.71. The second kappa shape index (κ2) is 3.56. The third kappa shape index (κ3) is 2.11. The molecular formula is C10H16N4O. The second-order valence-electron chi connectivity index (χ2n) is 4.25. The molecule has 2 rings (SSSR count). The van der Waals surface area contributed by atoms with Gasteiger partial charge in [-0.2, -0.15) is 5.10 Å². The van der Waals surface area contributed by atoms with Crippen LogP contribution in [0.2, 0.25) is 0 Å². The molecule has 5 nitrogen and oxygen atoms in total. The second-order valence-corrected chi connectivity index (χ2v) is 4.25. The Morgan fingerprint density at radius 3 is 2.80 bits per heavy atom. The van der Waals surface area contributed by atoms with Gasteiger partial charge in [-0.05, 0) is 26.7 Å². The Labute approximate surface area is 88.6 Å². The average Bonchev–Trinajstić information content (AvgIpc) is 2.86. The normalized spacial score (nSPS) is 15.7. The number of anilines is 1. The fraction of sp³-hybridized carbons (Fsp3) is 0.600. The SMILES string of the molecule is CC(C)n1cc(C(=O)NC2CC2)c(N)n1. The highest BCUT2D eigenvalue weighted by Crippen LogP contribution is 2.20. The van der Waals surface area contributed by atoms with E-state index >= 15 is 0 Å². The minimum atomic E-state index is -0.109. The van der Waals surface area contributed by atoms with Crippen molar-refractivity contribution in [1.82, 2.24) is 15.1 Å². The molecule has 0 aliphatic heterocycles. The number of hydrogen-bond acceptors (Lipinski definition) is 3. The number of aromatic nitrogens is 2. The van der Waals surface area contributed by atoms with Crippen LogP contribution in [0.25, 0.3) is 0 Å². The number of nitrogens with one attached hydrogen (secondary N) is 1. The maximum absolute atomic E-state index is 11.7. The van der Waals surface area contributed by atoms with E-state index in [0.29, 0.717) is 17.4 Å². The van der Waals surface area contributed by atoms with E-state index in [9.17, 15) is 4.79 Å². The number of nitrogen functional groups attached to an aromatic ring is 1. The van der Waals surface area contributed by atoms with Crippen molar-refractivity contribution in [2.24, 2.45) is 0 Å². The van der Waals surface area contributed by atoms with E-state index in [2.05, 4.69) is 10.4 Å². The van der Waals surface area contributed by atoms with Crippen molar-refractivity contribution in [3.8, 4) is 0 Å². The zero-order valence-electron chi connectivity index (χ0n) is 9.03. The van der Waals surface area contributed by atoms with Crippen LogP contribution in [0.1, 0.15) is 43.1 Å². The molecule has 1 aliphatic carbocycles. The van der Waals surface area contributed by atoms with Gasteiger partial charge in [0.15, 0.2) is 5.82 Å². The van der Waals surface area contributed by atoms with Gasteiger partial charge >= 0.3 is 0 Å². The van der Waals surface area contributed by atoms with E-state index in [-0.39, 0.29) is 11.9 Å². The van der Waals surface area contributed by atoms with Gasteiger partial charge in [0, 0.05) is 18.3 Å². The molecule has 1 aliphatic rings. The number of amides is 1. The molecule has 1 fully saturated rings. The standard InChI is InChI=1S/C10H16N4O/c1-6(2)14-5-8(9(11)13-14)10(15)12-7-3-4-7/h5-7H,3-4H2,1-2H3,(H2,11,13)(H,12,15). The zero-order valence-corrected chi connectivity index (χ0v) is 9.03. The van der Waals surface area contributed by atoms with Crippen LogP contribution in [0.3, 0.4) is 0 Å². The van der Waals surface area contributed by atoms with Gasteiger partial charge in [-0.1, -0.05) is 0 Å². The Hall–Kier alpha value is -1.52. The molecule has 1 heterocycles. The van der Waals surface area contributed by atoms with Gasteiger partial charge in [-0.25, -0.2) is 0 Å². The van der Waals surface area contributed by atoms with E-state index in [1.54, 1.807) is 10.9 Å². The Balaban J connectivity index is 2.15. The number of nitrogens with two attached hydrogens (primary N) is 1. The monoisotopic (exact) mass is 208 g/mol. The van der Waals surface area contributed by atoms with Crippen molar-refractivity contribution >= 4 is 11.7 Å². The van der Waals surface area contributed by atoms with Gasteiger partial charge in [0.05, 0.1) is 0 Å². The molecule has 15 heavy (non-hydrogen) atoms. The summed E-state index contributed by atoms with van der Waals surface area (Å²) in [7, 11) is 0. The van der Waals surface area contributed by atoms with Gasteiger partial charge < -0.3 is 11.1 Å². The molecule has 0 radical (unpaired) electrons. The lowest BCUT2D eigenvalue weighted by Gasteiger charge is -2.02. The van der Waals surface area contributed by atoms with Crippen LogP contribution >= 0.6 is 0 Å². The summed E-state index contributed by atoms with van der Waals surface area (Å²) in [6.07, 6.45) is 3.85. The molecule has 0 aromatic carbocycles. The predicted molar refractivity (Wildman–Crippen MR) is 57.5 cm³/mol. The topological polar surface area (TPSA) is 72.9 Å². The Kier molecular flexibility index (Phi) is 2.38. The molecule has 82 valence electrons. The van der Waals surface area contributed by atoms with Crippen molar-refractivity contribution in [2.45, 2.75) is 38.8 Å². The van der Waals surface area contributed by atoms with E-state index in [1.165, 1.54) is 0 Å². The van der Waals surface area contributed by atoms with Crippen molar-refractivity contribution in [3.63, 3.8) is 0 Å². The van der Waals surface area contributed by atoms with E-state index in [4.69, 9.17) is 5.73 Å². The van der Waals surface area contributed by atoms with E-state index in [1.807, 2.05) is 13.8 Å². The summed E-state index contributed by atoms with van der Waals surface area (Å²) in [6.45, 7) is 3.99. The first-order valence-corrected chi connectivity index (χ1v) is 5.23. The fourth-order valence-corrected chi connectivity index (χ4v) is 1.34.